The van der Waals surface area contributed by atoms with Crippen LogP contribution in [0.25, 0.3) is 11.3 Å². The Hall–Kier alpha value is -3.12. The van der Waals surface area contributed by atoms with Crippen molar-refractivity contribution in [2.75, 3.05) is 20.2 Å². The fraction of sp³-hybridized carbons (Fsp3) is 0.407. The van der Waals surface area contributed by atoms with Gasteiger partial charge in [0.1, 0.15) is 11.3 Å². The molecule has 170 valence electrons. The number of aromatic nitrogens is 2. The first-order chi connectivity index (χ1) is 16.1. The molecule has 1 aromatic heterocycles. The van der Waals surface area contributed by atoms with E-state index in [1.54, 1.807) is 7.11 Å². The maximum atomic E-state index is 13.9. The zero-order valence-electron chi connectivity index (χ0n) is 19.3. The number of nitrogens with zero attached hydrogens (tertiary/aromatic N) is 3. The van der Waals surface area contributed by atoms with E-state index in [1.165, 1.54) is 16.7 Å². The van der Waals surface area contributed by atoms with Gasteiger partial charge in [0, 0.05) is 36.2 Å². The fourth-order valence-corrected chi connectivity index (χ4v) is 6.54. The number of aromatic amines is 1. The van der Waals surface area contributed by atoms with E-state index >= 15 is 0 Å². The molecule has 2 aromatic carbocycles. The van der Waals surface area contributed by atoms with E-state index in [4.69, 9.17) is 4.74 Å². The highest BCUT2D eigenvalue weighted by Gasteiger charge is 2.65. The van der Waals surface area contributed by atoms with Crippen LogP contribution in [0.1, 0.15) is 42.0 Å². The lowest BCUT2D eigenvalue weighted by molar-refractivity contribution is -0.137. The van der Waals surface area contributed by atoms with Crippen LogP contribution in [0.15, 0.2) is 54.7 Å². The number of hydrogen-bond acceptors (Lipinski definition) is 4. The SMILES string of the molecule is COc1ccc(-c2[nH]ncc2[C@@H]2C[C@H]3CN(Cc4ccccc4C)C(=O)[C@]34CCCN24)cc1. The minimum atomic E-state index is -0.345. The third-order valence-corrected chi connectivity index (χ3v) is 8.16. The average Bonchev–Trinajstić information content (AvgIpc) is 3.59. The van der Waals surface area contributed by atoms with Crippen molar-refractivity contribution in [3.05, 3.63) is 71.4 Å². The van der Waals surface area contributed by atoms with Crippen LogP contribution < -0.4 is 4.74 Å². The summed E-state index contributed by atoms with van der Waals surface area (Å²) in [6.07, 6.45) is 5.01. The largest absolute Gasteiger partial charge is 0.497 e. The Labute approximate surface area is 194 Å². The van der Waals surface area contributed by atoms with Crippen molar-refractivity contribution in [3.8, 4) is 17.0 Å². The van der Waals surface area contributed by atoms with Gasteiger partial charge in [0.15, 0.2) is 0 Å². The third kappa shape index (κ3) is 3.04. The molecule has 0 bridgehead atoms. The number of H-pyrrole nitrogens is 1. The van der Waals surface area contributed by atoms with Crippen molar-refractivity contribution in [1.82, 2.24) is 20.0 Å². The van der Waals surface area contributed by atoms with E-state index < -0.39 is 0 Å². The highest BCUT2D eigenvalue weighted by Crippen LogP contribution is 2.57. The number of nitrogens with one attached hydrogen (secondary N) is 1. The Balaban J connectivity index is 1.29. The second kappa shape index (κ2) is 7.73. The molecule has 3 fully saturated rings. The number of carbonyl (C=O) groups is 1. The lowest BCUT2D eigenvalue weighted by Crippen LogP contribution is -2.49. The third-order valence-electron chi connectivity index (χ3n) is 8.16. The summed E-state index contributed by atoms with van der Waals surface area (Å²) in [5.41, 5.74) is 5.51. The van der Waals surface area contributed by atoms with Gasteiger partial charge in [0.25, 0.3) is 0 Å². The smallest absolute Gasteiger partial charge is 0.243 e. The summed E-state index contributed by atoms with van der Waals surface area (Å²) in [4.78, 5) is 18.5. The molecule has 1 N–H and O–H groups in total. The van der Waals surface area contributed by atoms with E-state index in [0.717, 1.165) is 49.4 Å². The molecule has 4 heterocycles. The van der Waals surface area contributed by atoms with Gasteiger partial charge in [-0.05, 0) is 68.1 Å². The topological polar surface area (TPSA) is 61.5 Å². The normalized spacial score (nSPS) is 26.6. The summed E-state index contributed by atoms with van der Waals surface area (Å²) < 4.78 is 5.32. The number of hydrogen-bond donors (Lipinski definition) is 1. The Bertz CT molecular complexity index is 1190. The van der Waals surface area contributed by atoms with Gasteiger partial charge in [-0.25, -0.2) is 0 Å². The van der Waals surface area contributed by atoms with Crippen molar-refractivity contribution in [2.24, 2.45) is 5.92 Å². The fourth-order valence-electron chi connectivity index (χ4n) is 6.54. The van der Waals surface area contributed by atoms with Gasteiger partial charge in [-0.3, -0.25) is 14.8 Å². The number of rotatable bonds is 5. The molecule has 3 aliphatic rings. The number of likely N-dealkylation sites (tertiary alicyclic amines) is 1. The van der Waals surface area contributed by atoms with E-state index in [1.807, 2.05) is 18.3 Å². The maximum Gasteiger partial charge on any atom is 0.243 e. The molecule has 0 unspecified atom stereocenters. The number of benzene rings is 2. The van der Waals surface area contributed by atoms with E-state index in [-0.39, 0.29) is 11.6 Å². The lowest BCUT2D eigenvalue weighted by Gasteiger charge is -2.33. The highest BCUT2D eigenvalue weighted by atomic mass is 16.5. The Morgan fingerprint density at radius 2 is 2.00 bits per heavy atom. The predicted molar refractivity (Wildman–Crippen MR) is 127 cm³/mol. The summed E-state index contributed by atoms with van der Waals surface area (Å²) in [6.45, 7) is 4.66. The molecule has 33 heavy (non-hydrogen) atoms. The van der Waals surface area contributed by atoms with Gasteiger partial charge in [-0.2, -0.15) is 5.10 Å². The zero-order chi connectivity index (χ0) is 22.6. The van der Waals surface area contributed by atoms with Gasteiger partial charge in [0.2, 0.25) is 5.91 Å². The summed E-state index contributed by atoms with van der Waals surface area (Å²) in [7, 11) is 1.68. The minimum absolute atomic E-state index is 0.220. The molecule has 1 spiro atoms. The van der Waals surface area contributed by atoms with Crippen LogP contribution in [0.2, 0.25) is 0 Å². The number of methoxy groups -OCH3 is 1. The molecule has 3 aromatic rings. The molecule has 3 atom stereocenters. The molecule has 6 heteroatoms. The first-order valence-corrected chi connectivity index (χ1v) is 11.9. The number of amides is 1. The van der Waals surface area contributed by atoms with Crippen molar-refractivity contribution < 1.29 is 9.53 Å². The Morgan fingerprint density at radius 1 is 1.18 bits per heavy atom. The van der Waals surface area contributed by atoms with Crippen LogP contribution in [0.4, 0.5) is 0 Å². The second-order valence-corrected chi connectivity index (χ2v) is 9.71. The van der Waals surface area contributed by atoms with Crippen LogP contribution in [-0.2, 0) is 11.3 Å². The first kappa shape index (κ1) is 20.5. The van der Waals surface area contributed by atoms with Crippen molar-refractivity contribution in [2.45, 2.75) is 44.3 Å². The van der Waals surface area contributed by atoms with E-state index in [0.29, 0.717) is 18.4 Å². The molecular weight excluding hydrogens is 412 g/mol. The number of carbonyl (C=O) groups excluding carboxylic acids is 1. The van der Waals surface area contributed by atoms with Gasteiger partial charge in [0.05, 0.1) is 19.0 Å². The number of aryl methyl sites for hydroxylation is 1. The second-order valence-electron chi connectivity index (χ2n) is 9.71. The molecule has 6 rings (SSSR count). The van der Waals surface area contributed by atoms with Crippen LogP contribution in [0, 0.1) is 12.8 Å². The van der Waals surface area contributed by atoms with Crippen molar-refractivity contribution in [3.63, 3.8) is 0 Å². The lowest BCUT2D eigenvalue weighted by atomic mass is 9.85. The van der Waals surface area contributed by atoms with Gasteiger partial charge >= 0.3 is 0 Å². The summed E-state index contributed by atoms with van der Waals surface area (Å²) in [6, 6.07) is 16.7. The molecule has 0 aliphatic carbocycles. The van der Waals surface area contributed by atoms with Crippen molar-refractivity contribution >= 4 is 5.91 Å². The Morgan fingerprint density at radius 3 is 2.79 bits per heavy atom. The molecule has 0 radical (unpaired) electrons. The van der Waals surface area contributed by atoms with Crippen LogP contribution in [0.3, 0.4) is 0 Å². The minimum Gasteiger partial charge on any atom is -0.497 e. The summed E-state index contributed by atoms with van der Waals surface area (Å²) in [5.74, 6) is 1.53. The molecule has 0 saturated carbocycles. The predicted octanol–water partition coefficient (Wildman–Crippen LogP) is 4.33. The number of ether oxygens (including phenoxy) is 1. The Kier molecular flexibility index (Phi) is 4.80. The highest BCUT2D eigenvalue weighted by molar-refractivity contribution is 5.90. The molecule has 6 nitrogen and oxygen atoms in total. The average molecular weight is 443 g/mol. The van der Waals surface area contributed by atoms with Gasteiger partial charge < -0.3 is 9.64 Å². The zero-order valence-corrected chi connectivity index (χ0v) is 19.3. The van der Waals surface area contributed by atoms with Gasteiger partial charge in [-0.1, -0.05) is 24.3 Å². The van der Waals surface area contributed by atoms with Crippen LogP contribution in [0.5, 0.6) is 5.75 Å². The summed E-state index contributed by atoms with van der Waals surface area (Å²) in [5, 5.41) is 7.64. The quantitative estimate of drug-likeness (QED) is 0.639. The standard InChI is InChI=1S/C27H30N4O2/c1-18-6-3-4-7-20(18)16-30-17-21-14-24(31-13-5-12-27(21,31)26(30)32)23-15-28-29-25(23)19-8-10-22(33-2)11-9-19/h3-4,6-11,15,21,24H,5,12-14,16-17H2,1-2H3,(H,28,29)/t21-,24-,27-/m0/s1. The maximum absolute atomic E-state index is 13.9. The molecule has 1 amide bonds. The van der Waals surface area contributed by atoms with E-state index in [2.05, 4.69) is 63.3 Å². The van der Waals surface area contributed by atoms with Gasteiger partial charge in [-0.15, -0.1) is 0 Å². The monoisotopic (exact) mass is 442 g/mol. The summed E-state index contributed by atoms with van der Waals surface area (Å²) >= 11 is 0. The van der Waals surface area contributed by atoms with Crippen LogP contribution in [-0.4, -0.2) is 51.6 Å². The van der Waals surface area contributed by atoms with E-state index in [9.17, 15) is 4.79 Å². The molecule has 3 aliphatic heterocycles. The van der Waals surface area contributed by atoms with Crippen LogP contribution >= 0.6 is 0 Å². The van der Waals surface area contributed by atoms with Crippen molar-refractivity contribution in [1.29, 1.82) is 0 Å². The first-order valence-electron chi connectivity index (χ1n) is 11.9. The molecule has 3 saturated heterocycles. The molecular formula is C27H30N4O2.